The van der Waals surface area contributed by atoms with E-state index in [4.69, 9.17) is 4.74 Å². The van der Waals surface area contributed by atoms with Crippen LogP contribution in [-0.4, -0.2) is 62.2 Å². The smallest absolute Gasteiger partial charge is 1.00 e. The Balaban J connectivity index is -0.00000193. The summed E-state index contributed by atoms with van der Waals surface area (Å²) in [5.41, 5.74) is 1.16. The van der Waals surface area contributed by atoms with Gasteiger partial charge >= 0.3 is 4.28 Å². The number of rotatable bonds is 7. The molecule has 0 unspecified atom stereocenters. The molecule has 1 aromatic carbocycles. The zero-order valence-corrected chi connectivity index (χ0v) is 22.0. The number of methoxy groups -OCH3 is 1. The predicted molar refractivity (Wildman–Crippen MR) is 128 cm³/mol. The van der Waals surface area contributed by atoms with Crippen molar-refractivity contribution in [1.29, 1.82) is 0 Å². The topological polar surface area (TPSA) is 48.9 Å². The molecule has 1 saturated carbocycles. The maximum absolute atomic E-state index is 13.3. The third kappa shape index (κ3) is 7.64. The second-order valence-corrected chi connectivity index (χ2v) is 8.51. The van der Waals surface area contributed by atoms with Crippen LogP contribution in [0.1, 0.15) is 36.4 Å². The third-order valence-electron chi connectivity index (χ3n) is 6.58. The minimum atomic E-state index is 0. The van der Waals surface area contributed by atoms with Crippen LogP contribution in [0.15, 0.2) is 48.7 Å². The fourth-order valence-electron chi connectivity index (χ4n) is 4.77. The van der Waals surface area contributed by atoms with Gasteiger partial charge in [-0.05, 0) is 37.1 Å². The highest BCUT2D eigenvalue weighted by molar-refractivity contribution is 5.94. The van der Waals surface area contributed by atoms with Gasteiger partial charge in [-0.2, -0.15) is 0 Å². The van der Waals surface area contributed by atoms with Crippen LogP contribution >= 0.6 is 0 Å². The number of nitrogens with zero attached hydrogens (tertiary/aromatic N) is 4. The molecule has 1 saturated heterocycles. The number of amides is 1. The molecule has 1 aliphatic carbocycles. The molecular formula is C25H37Cl3N4O2. The highest BCUT2D eigenvalue weighted by Gasteiger charge is 2.28. The first-order chi connectivity index (χ1) is 15.3. The van der Waals surface area contributed by atoms with E-state index in [0.29, 0.717) is 6.54 Å². The summed E-state index contributed by atoms with van der Waals surface area (Å²) in [5, 5.41) is 0. The van der Waals surface area contributed by atoms with Crippen molar-refractivity contribution in [2.45, 2.75) is 32.1 Å². The normalized spacial score (nSPS) is 16.4. The van der Waals surface area contributed by atoms with Crippen LogP contribution in [-0.2, 0) is 4.79 Å². The summed E-state index contributed by atoms with van der Waals surface area (Å²) in [6, 6.07) is 14.0. The number of hydrogen-bond acceptors (Lipinski definition) is 5. The quantitative estimate of drug-likeness (QED) is 0.359. The summed E-state index contributed by atoms with van der Waals surface area (Å²) >= 11 is 0. The van der Waals surface area contributed by atoms with Gasteiger partial charge in [0.25, 0.3) is 0 Å². The van der Waals surface area contributed by atoms with Gasteiger partial charge in [0.2, 0.25) is 5.91 Å². The van der Waals surface area contributed by atoms with Crippen molar-refractivity contribution in [3.63, 3.8) is 0 Å². The van der Waals surface area contributed by atoms with Gasteiger partial charge in [-0.25, -0.2) is 4.98 Å². The molecule has 1 aliphatic heterocycles. The second-order valence-electron chi connectivity index (χ2n) is 8.51. The monoisotopic (exact) mass is 530 g/mol. The minimum absolute atomic E-state index is 0. The molecule has 4 rings (SSSR count). The summed E-state index contributed by atoms with van der Waals surface area (Å²) in [7, 11) is 1.73. The number of carbonyl (C=O) groups excluding carboxylic acids is 1. The number of ether oxygens (including phenoxy) is 1. The largest absolute Gasteiger partial charge is 1.00 e. The SMILES string of the molecule is COc1ccccc1N1CCN(CCN(C(=O)C2CCCCC2)c2ccccn2)CC1.[Cl-].[Cl-].[Cl-].[H+].[H+].[H+]. The Morgan fingerprint density at radius 2 is 1.68 bits per heavy atom. The van der Waals surface area contributed by atoms with E-state index in [0.717, 1.165) is 75.7 Å². The summed E-state index contributed by atoms with van der Waals surface area (Å²) < 4.78 is 5.53. The Hall–Kier alpha value is -1.73. The standard InChI is InChI=1S/C25H34N4O2.3ClH/c1-31-23-12-6-5-11-22(23)28-18-15-27(16-19-28)17-20-29(24-13-7-8-14-26-24)25(30)21-9-3-2-4-10-21;;;/h5-8,11-14,21H,2-4,9-10,15-20H2,1H3;3*1H. The Morgan fingerprint density at radius 3 is 2.32 bits per heavy atom. The molecule has 9 heteroatoms. The van der Waals surface area contributed by atoms with E-state index in [9.17, 15) is 4.79 Å². The van der Waals surface area contributed by atoms with Crippen LogP contribution in [0, 0.1) is 5.92 Å². The Labute approximate surface area is 226 Å². The average Bonchev–Trinajstić information content (AvgIpc) is 2.85. The van der Waals surface area contributed by atoms with Crippen molar-refractivity contribution in [3.8, 4) is 5.75 Å². The molecule has 6 nitrogen and oxygen atoms in total. The molecule has 2 fully saturated rings. The molecule has 1 amide bonds. The molecular weight excluding hydrogens is 495 g/mol. The van der Waals surface area contributed by atoms with E-state index in [1.54, 1.807) is 13.3 Å². The van der Waals surface area contributed by atoms with Crippen LogP contribution < -0.4 is 51.8 Å². The van der Waals surface area contributed by atoms with E-state index in [-0.39, 0.29) is 53.3 Å². The van der Waals surface area contributed by atoms with Crippen molar-refractivity contribution in [2.24, 2.45) is 5.92 Å². The maximum Gasteiger partial charge on any atom is 1.00 e. The summed E-state index contributed by atoms with van der Waals surface area (Å²) in [6.07, 6.45) is 7.39. The van der Waals surface area contributed by atoms with Crippen LogP contribution in [0.5, 0.6) is 5.75 Å². The van der Waals surface area contributed by atoms with Gasteiger partial charge in [-0.15, -0.1) is 0 Å². The van der Waals surface area contributed by atoms with Crippen molar-refractivity contribution >= 4 is 17.4 Å². The number of halogens is 3. The number of pyridine rings is 1. The van der Waals surface area contributed by atoms with Crippen LogP contribution in [0.25, 0.3) is 0 Å². The lowest BCUT2D eigenvalue weighted by molar-refractivity contribution is -0.123. The van der Waals surface area contributed by atoms with E-state index >= 15 is 0 Å². The van der Waals surface area contributed by atoms with Gasteiger partial charge in [-0.3, -0.25) is 14.6 Å². The fourth-order valence-corrected chi connectivity index (χ4v) is 4.77. The van der Waals surface area contributed by atoms with Crippen LogP contribution in [0.3, 0.4) is 0 Å². The van der Waals surface area contributed by atoms with Crippen molar-refractivity contribution in [1.82, 2.24) is 9.88 Å². The first-order valence-corrected chi connectivity index (χ1v) is 11.6. The predicted octanol–water partition coefficient (Wildman–Crippen LogP) is -4.82. The molecule has 0 spiro atoms. The molecule has 2 aliphatic rings. The summed E-state index contributed by atoms with van der Waals surface area (Å²) in [4.78, 5) is 24.6. The van der Waals surface area contributed by atoms with Crippen LogP contribution in [0.2, 0.25) is 0 Å². The number of anilines is 2. The molecule has 0 atom stereocenters. The first-order valence-electron chi connectivity index (χ1n) is 11.6. The maximum atomic E-state index is 13.3. The molecule has 0 radical (unpaired) electrons. The van der Waals surface area contributed by atoms with Crippen molar-refractivity contribution < 1.29 is 51.0 Å². The summed E-state index contributed by atoms with van der Waals surface area (Å²) in [6.45, 7) is 5.44. The fraction of sp³-hybridized carbons (Fsp3) is 0.520. The van der Waals surface area contributed by atoms with Gasteiger partial charge < -0.3 is 46.9 Å². The van der Waals surface area contributed by atoms with Crippen molar-refractivity contribution in [3.05, 3.63) is 48.7 Å². The third-order valence-corrected chi connectivity index (χ3v) is 6.58. The van der Waals surface area contributed by atoms with Gasteiger partial charge in [-0.1, -0.05) is 37.5 Å². The van der Waals surface area contributed by atoms with E-state index in [2.05, 4.69) is 26.9 Å². The highest BCUT2D eigenvalue weighted by Crippen LogP contribution is 2.29. The molecule has 34 heavy (non-hydrogen) atoms. The molecule has 2 heterocycles. The molecule has 190 valence electrons. The number of piperazine rings is 1. The number of aromatic nitrogens is 1. The van der Waals surface area contributed by atoms with E-state index in [1.165, 1.54) is 6.42 Å². The van der Waals surface area contributed by atoms with Crippen LogP contribution in [0.4, 0.5) is 11.5 Å². The lowest BCUT2D eigenvalue weighted by atomic mass is 9.88. The van der Waals surface area contributed by atoms with Gasteiger partial charge in [0.1, 0.15) is 11.6 Å². The van der Waals surface area contributed by atoms with E-state index < -0.39 is 0 Å². The summed E-state index contributed by atoms with van der Waals surface area (Å²) in [5.74, 6) is 2.12. The molecule has 0 bridgehead atoms. The molecule has 1 aromatic heterocycles. The Bertz CT molecular complexity index is 860. The Kier molecular flexibility index (Phi) is 13.6. The number of para-hydroxylation sites is 2. The molecule has 2 aromatic rings. The number of hydrogen-bond donors (Lipinski definition) is 0. The average molecular weight is 532 g/mol. The highest BCUT2D eigenvalue weighted by atomic mass is 35.5. The molecule has 0 N–H and O–H groups in total. The minimum Gasteiger partial charge on any atom is -1.00 e. The van der Waals surface area contributed by atoms with E-state index in [1.807, 2.05) is 35.2 Å². The number of benzene rings is 1. The van der Waals surface area contributed by atoms with Gasteiger partial charge in [0, 0.05) is 51.4 Å². The number of carbonyl (C=O) groups is 1. The second kappa shape index (κ2) is 15.3. The zero-order valence-electron chi connectivity index (χ0n) is 22.7. The first kappa shape index (κ1) is 30.3. The Morgan fingerprint density at radius 1 is 1.00 bits per heavy atom. The lowest BCUT2D eigenvalue weighted by Gasteiger charge is -2.37. The lowest BCUT2D eigenvalue weighted by Crippen LogP contribution is -3.00. The zero-order chi connectivity index (χ0) is 21.5. The van der Waals surface area contributed by atoms with Gasteiger partial charge in [0.15, 0.2) is 0 Å². The van der Waals surface area contributed by atoms with Gasteiger partial charge in [0.05, 0.1) is 12.8 Å². The van der Waals surface area contributed by atoms with Crippen molar-refractivity contribution in [2.75, 3.05) is 56.2 Å².